The fourth-order valence-electron chi connectivity index (χ4n) is 2.35. The number of hydrogen-bond donors (Lipinski definition) is 4. The SMILES string of the molecule is CCC(Br)(CC)C(=O)NC(N)=O.Cl.O=C(O)C1CCCC1C(=O)O. The first-order valence-electron chi connectivity index (χ1n) is 7.34. The van der Waals surface area contributed by atoms with E-state index in [-0.39, 0.29) is 18.3 Å². The van der Waals surface area contributed by atoms with Gasteiger partial charge in [-0.05, 0) is 25.7 Å². The molecule has 3 amide bonds. The maximum absolute atomic E-state index is 11.3. The molecule has 1 fully saturated rings. The second-order valence-electron chi connectivity index (χ2n) is 5.31. The van der Waals surface area contributed by atoms with Gasteiger partial charge in [0.25, 0.3) is 0 Å². The van der Waals surface area contributed by atoms with Crippen molar-refractivity contribution in [3.63, 3.8) is 0 Å². The molecule has 0 aromatic carbocycles. The number of amides is 3. The Balaban J connectivity index is 0. The van der Waals surface area contributed by atoms with E-state index in [2.05, 4.69) is 15.9 Å². The van der Waals surface area contributed by atoms with Crippen LogP contribution in [-0.4, -0.2) is 38.4 Å². The van der Waals surface area contributed by atoms with E-state index >= 15 is 0 Å². The Labute approximate surface area is 155 Å². The topological polar surface area (TPSA) is 147 Å². The van der Waals surface area contributed by atoms with Crippen LogP contribution < -0.4 is 11.1 Å². The molecule has 0 aromatic rings. The number of aliphatic carboxylic acids is 2. The molecule has 1 saturated carbocycles. The van der Waals surface area contributed by atoms with Crippen LogP contribution >= 0.6 is 28.3 Å². The largest absolute Gasteiger partial charge is 0.481 e. The number of carbonyl (C=O) groups is 4. The molecule has 8 nitrogen and oxygen atoms in total. The van der Waals surface area contributed by atoms with Crippen molar-refractivity contribution in [2.24, 2.45) is 17.6 Å². The van der Waals surface area contributed by atoms with Crippen LogP contribution in [0.4, 0.5) is 4.79 Å². The fourth-order valence-corrected chi connectivity index (χ4v) is 2.45. The fraction of sp³-hybridized carbons (Fsp3) is 0.714. The zero-order chi connectivity index (χ0) is 18.2. The number of imide groups is 1. The summed E-state index contributed by atoms with van der Waals surface area (Å²) in [5, 5.41) is 19.2. The Bertz CT molecular complexity index is 450. The monoisotopic (exact) mass is 430 g/mol. The third-order valence-electron chi connectivity index (χ3n) is 3.91. The molecular formula is C14H24BrClN2O6. The van der Waals surface area contributed by atoms with Crippen LogP contribution in [0.3, 0.4) is 0 Å². The van der Waals surface area contributed by atoms with E-state index in [0.29, 0.717) is 32.1 Å². The van der Waals surface area contributed by atoms with Gasteiger partial charge in [-0.3, -0.25) is 19.7 Å². The molecule has 5 N–H and O–H groups in total. The summed E-state index contributed by atoms with van der Waals surface area (Å²) < 4.78 is -0.665. The lowest BCUT2D eigenvalue weighted by atomic mass is 9.97. The van der Waals surface area contributed by atoms with E-state index < -0.39 is 34.1 Å². The molecule has 2 atom stereocenters. The van der Waals surface area contributed by atoms with Gasteiger partial charge in [-0.15, -0.1) is 12.4 Å². The first kappa shape index (κ1) is 24.9. The predicted octanol–water partition coefficient (Wildman–Crippen LogP) is 2.13. The Morgan fingerprint density at radius 3 is 1.71 bits per heavy atom. The van der Waals surface area contributed by atoms with Gasteiger partial charge in [0.1, 0.15) is 4.32 Å². The zero-order valence-electron chi connectivity index (χ0n) is 13.6. The Morgan fingerprint density at radius 2 is 1.46 bits per heavy atom. The number of halogens is 2. The van der Waals surface area contributed by atoms with E-state index in [1.807, 2.05) is 19.2 Å². The van der Waals surface area contributed by atoms with Gasteiger partial charge in [0, 0.05) is 0 Å². The highest BCUT2D eigenvalue weighted by Crippen LogP contribution is 2.31. The second kappa shape index (κ2) is 11.2. The van der Waals surface area contributed by atoms with Gasteiger partial charge in [-0.1, -0.05) is 36.2 Å². The third-order valence-corrected chi connectivity index (χ3v) is 5.40. The van der Waals surface area contributed by atoms with Gasteiger partial charge in [-0.2, -0.15) is 0 Å². The van der Waals surface area contributed by atoms with Gasteiger partial charge >= 0.3 is 18.0 Å². The van der Waals surface area contributed by atoms with E-state index in [9.17, 15) is 19.2 Å². The number of nitrogens with one attached hydrogen (secondary N) is 1. The summed E-state index contributed by atoms with van der Waals surface area (Å²) in [7, 11) is 0. The summed E-state index contributed by atoms with van der Waals surface area (Å²) in [6.07, 6.45) is 2.96. The number of alkyl halides is 1. The maximum atomic E-state index is 11.3. The van der Waals surface area contributed by atoms with Crippen molar-refractivity contribution >= 4 is 52.2 Å². The minimum atomic E-state index is -0.977. The molecule has 1 aliphatic carbocycles. The van der Waals surface area contributed by atoms with Crippen LogP contribution in [0.15, 0.2) is 0 Å². The van der Waals surface area contributed by atoms with Gasteiger partial charge in [0.05, 0.1) is 11.8 Å². The summed E-state index contributed by atoms with van der Waals surface area (Å²) in [5.41, 5.74) is 4.81. The highest BCUT2D eigenvalue weighted by molar-refractivity contribution is 9.10. The van der Waals surface area contributed by atoms with Crippen molar-refractivity contribution in [1.82, 2.24) is 5.32 Å². The molecule has 2 unspecified atom stereocenters. The number of hydrogen-bond acceptors (Lipinski definition) is 4. The van der Waals surface area contributed by atoms with Gasteiger partial charge < -0.3 is 15.9 Å². The van der Waals surface area contributed by atoms with Gasteiger partial charge in [0.15, 0.2) is 0 Å². The van der Waals surface area contributed by atoms with Crippen LogP contribution in [0.5, 0.6) is 0 Å². The highest BCUT2D eigenvalue weighted by atomic mass is 79.9. The standard InChI is InChI=1S/C7H13BrN2O2.C7H10O4.ClH/c1-3-7(8,4-2)5(11)10-6(9)12;8-6(9)4-2-1-3-5(4)7(10)11;/h3-4H2,1-2H3,(H3,9,10,11,12);4-5H,1-3H2,(H,8,9)(H,10,11);1H. The van der Waals surface area contributed by atoms with Crippen molar-refractivity contribution in [3.05, 3.63) is 0 Å². The highest BCUT2D eigenvalue weighted by Gasteiger charge is 2.37. The van der Waals surface area contributed by atoms with Crippen LogP contribution in [0, 0.1) is 11.8 Å². The summed E-state index contributed by atoms with van der Waals surface area (Å²) in [6, 6.07) is -0.814. The first-order chi connectivity index (χ1) is 10.6. The van der Waals surface area contributed by atoms with E-state index in [4.69, 9.17) is 15.9 Å². The second-order valence-corrected chi connectivity index (χ2v) is 6.83. The molecular weight excluding hydrogens is 408 g/mol. The van der Waals surface area contributed by atoms with Crippen molar-refractivity contribution in [2.75, 3.05) is 0 Å². The molecule has 0 bridgehead atoms. The van der Waals surface area contributed by atoms with Crippen LogP contribution in [-0.2, 0) is 14.4 Å². The third kappa shape index (κ3) is 7.48. The Morgan fingerprint density at radius 1 is 1.08 bits per heavy atom. The number of nitrogens with two attached hydrogens (primary N) is 1. The number of urea groups is 1. The number of rotatable bonds is 5. The number of carboxylic acids is 2. The molecule has 1 rings (SSSR count). The Kier molecular flexibility index (Phi) is 11.7. The lowest BCUT2D eigenvalue weighted by Crippen LogP contribution is -2.46. The molecule has 24 heavy (non-hydrogen) atoms. The Hall–Kier alpha value is -1.35. The summed E-state index contributed by atoms with van der Waals surface area (Å²) in [4.78, 5) is 42.5. The first-order valence-corrected chi connectivity index (χ1v) is 8.13. The molecule has 140 valence electrons. The van der Waals surface area contributed by atoms with Crippen LogP contribution in [0.25, 0.3) is 0 Å². The maximum Gasteiger partial charge on any atom is 0.318 e. The summed E-state index contributed by atoms with van der Waals surface area (Å²) in [6.45, 7) is 3.72. The summed E-state index contributed by atoms with van der Waals surface area (Å²) in [5.74, 6) is -3.65. The van der Waals surface area contributed by atoms with Gasteiger partial charge in [-0.25, -0.2) is 4.79 Å². The smallest absolute Gasteiger partial charge is 0.318 e. The molecule has 0 aromatic heterocycles. The van der Waals surface area contributed by atoms with Gasteiger partial charge in [0.2, 0.25) is 5.91 Å². The molecule has 0 radical (unpaired) electrons. The molecule has 0 spiro atoms. The molecule has 0 heterocycles. The quantitative estimate of drug-likeness (QED) is 0.490. The molecule has 1 aliphatic rings. The molecule has 10 heteroatoms. The number of carboxylic acid groups (broad SMARTS) is 2. The van der Waals surface area contributed by atoms with Crippen molar-refractivity contribution in [2.45, 2.75) is 50.3 Å². The van der Waals surface area contributed by atoms with Crippen molar-refractivity contribution in [1.29, 1.82) is 0 Å². The molecule has 0 saturated heterocycles. The minimum Gasteiger partial charge on any atom is -0.481 e. The predicted molar refractivity (Wildman–Crippen MR) is 93.3 cm³/mol. The number of carbonyl (C=O) groups excluding carboxylic acids is 2. The molecule has 0 aliphatic heterocycles. The zero-order valence-corrected chi connectivity index (χ0v) is 16.0. The average Bonchev–Trinajstić information content (AvgIpc) is 2.96. The lowest BCUT2D eigenvalue weighted by Gasteiger charge is -2.21. The lowest BCUT2D eigenvalue weighted by molar-refractivity contribution is -0.152. The van der Waals surface area contributed by atoms with Crippen molar-refractivity contribution in [3.8, 4) is 0 Å². The van der Waals surface area contributed by atoms with E-state index in [1.165, 1.54) is 0 Å². The average molecular weight is 432 g/mol. The van der Waals surface area contributed by atoms with Crippen molar-refractivity contribution < 1.29 is 29.4 Å². The van der Waals surface area contributed by atoms with E-state index in [1.54, 1.807) is 0 Å². The van der Waals surface area contributed by atoms with Crippen LogP contribution in [0.1, 0.15) is 46.0 Å². The minimum absolute atomic E-state index is 0. The van der Waals surface area contributed by atoms with E-state index in [0.717, 1.165) is 0 Å². The summed E-state index contributed by atoms with van der Waals surface area (Å²) >= 11 is 3.26. The normalized spacial score (nSPS) is 19.3. The van der Waals surface area contributed by atoms with Crippen LogP contribution in [0.2, 0.25) is 0 Å². The number of primary amides is 1.